The minimum Gasteiger partial charge on any atom is -0.339 e. The lowest BCUT2D eigenvalue weighted by Gasteiger charge is -1.97. The maximum absolute atomic E-state index is 5.07. The van der Waals surface area contributed by atoms with E-state index in [4.69, 9.17) is 4.52 Å². The first-order valence-electron chi connectivity index (χ1n) is 3.74. The van der Waals surface area contributed by atoms with Crippen LogP contribution in [0.5, 0.6) is 0 Å². The minimum absolute atomic E-state index is 0.515. The fourth-order valence-electron chi connectivity index (χ4n) is 1.21. The third kappa shape index (κ3) is 1.40. The average Bonchev–Trinajstić information content (AvgIpc) is 2.55. The Balaban J connectivity index is 2.15. The molecule has 1 saturated heterocycles. The Labute approximate surface area is 69.6 Å². The van der Waals surface area contributed by atoms with Gasteiger partial charge in [0.1, 0.15) is 0 Å². The second-order valence-corrected chi connectivity index (χ2v) is 3.89. The molecule has 1 fully saturated rings. The van der Waals surface area contributed by atoms with E-state index in [2.05, 4.69) is 10.1 Å². The molecule has 4 heteroatoms. The maximum Gasteiger partial charge on any atom is 0.230 e. The first kappa shape index (κ1) is 7.16. The topological polar surface area (TPSA) is 38.9 Å². The summed E-state index contributed by atoms with van der Waals surface area (Å²) < 4.78 is 5.07. The first-order chi connectivity index (χ1) is 5.36. The summed E-state index contributed by atoms with van der Waals surface area (Å²) in [7, 11) is 0. The van der Waals surface area contributed by atoms with E-state index in [0.717, 1.165) is 17.5 Å². The smallest absolute Gasteiger partial charge is 0.230 e. The van der Waals surface area contributed by atoms with Gasteiger partial charge in [-0.25, -0.2) is 0 Å². The molecule has 0 aliphatic carbocycles. The van der Waals surface area contributed by atoms with Crippen LogP contribution < -0.4 is 0 Å². The fourth-order valence-corrected chi connectivity index (χ4v) is 2.42. The highest BCUT2D eigenvalue weighted by Gasteiger charge is 2.22. The van der Waals surface area contributed by atoms with Crippen LogP contribution in [0.1, 0.15) is 24.1 Å². The molecular formula is C7H10N2OS. The predicted octanol–water partition coefficient (Wildman–Crippen LogP) is 1.60. The van der Waals surface area contributed by atoms with Crippen molar-refractivity contribution in [2.45, 2.75) is 19.3 Å². The lowest BCUT2D eigenvalue weighted by molar-refractivity contribution is 0.358. The van der Waals surface area contributed by atoms with Gasteiger partial charge in [0.25, 0.3) is 0 Å². The van der Waals surface area contributed by atoms with Gasteiger partial charge < -0.3 is 4.52 Å². The second-order valence-electron chi connectivity index (χ2n) is 2.74. The maximum atomic E-state index is 5.07. The molecule has 2 heterocycles. The van der Waals surface area contributed by atoms with E-state index in [1.54, 1.807) is 0 Å². The van der Waals surface area contributed by atoms with Crippen LogP contribution in [0.25, 0.3) is 0 Å². The molecule has 1 unspecified atom stereocenters. The molecule has 1 aromatic heterocycles. The summed E-state index contributed by atoms with van der Waals surface area (Å²) in [5, 5.41) is 3.77. The lowest BCUT2D eigenvalue weighted by atomic mass is 10.1. The number of hydrogen-bond acceptors (Lipinski definition) is 4. The standard InChI is InChI=1S/C7H10N2OS/c1-5-8-7(10-9-5)6-2-3-11-4-6/h6H,2-4H2,1H3. The third-order valence-electron chi connectivity index (χ3n) is 1.82. The Kier molecular flexibility index (Phi) is 1.85. The third-order valence-corrected chi connectivity index (χ3v) is 2.98. The summed E-state index contributed by atoms with van der Waals surface area (Å²) in [5.41, 5.74) is 0. The lowest BCUT2D eigenvalue weighted by Crippen LogP contribution is -1.95. The molecule has 1 atom stereocenters. The largest absolute Gasteiger partial charge is 0.339 e. The summed E-state index contributed by atoms with van der Waals surface area (Å²) >= 11 is 1.96. The van der Waals surface area contributed by atoms with Gasteiger partial charge in [-0.15, -0.1) is 0 Å². The van der Waals surface area contributed by atoms with E-state index in [-0.39, 0.29) is 0 Å². The molecule has 0 N–H and O–H groups in total. The highest BCUT2D eigenvalue weighted by atomic mass is 32.2. The van der Waals surface area contributed by atoms with Crippen LogP contribution in [0.2, 0.25) is 0 Å². The molecule has 0 saturated carbocycles. The molecule has 0 bridgehead atoms. The molecule has 0 amide bonds. The number of rotatable bonds is 1. The van der Waals surface area contributed by atoms with E-state index < -0.39 is 0 Å². The second kappa shape index (κ2) is 2.85. The Morgan fingerprint density at radius 3 is 3.09 bits per heavy atom. The van der Waals surface area contributed by atoms with E-state index >= 15 is 0 Å². The molecule has 0 aromatic carbocycles. The molecule has 1 aliphatic heterocycles. The van der Waals surface area contributed by atoms with Gasteiger partial charge in [0, 0.05) is 11.7 Å². The van der Waals surface area contributed by atoms with Gasteiger partial charge in [-0.1, -0.05) is 5.16 Å². The number of hydrogen-bond donors (Lipinski definition) is 0. The Hall–Kier alpha value is -0.510. The molecular weight excluding hydrogens is 160 g/mol. The Morgan fingerprint density at radius 1 is 1.64 bits per heavy atom. The van der Waals surface area contributed by atoms with Gasteiger partial charge in [-0.3, -0.25) is 0 Å². The van der Waals surface area contributed by atoms with Crippen LogP contribution in [0, 0.1) is 6.92 Å². The molecule has 11 heavy (non-hydrogen) atoms. The zero-order valence-corrected chi connectivity index (χ0v) is 7.23. The Morgan fingerprint density at radius 2 is 2.55 bits per heavy atom. The first-order valence-corrected chi connectivity index (χ1v) is 4.89. The zero-order valence-electron chi connectivity index (χ0n) is 6.41. The van der Waals surface area contributed by atoms with Gasteiger partial charge in [0.15, 0.2) is 5.82 Å². The predicted molar refractivity (Wildman–Crippen MR) is 43.7 cm³/mol. The summed E-state index contributed by atoms with van der Waals surface area (Å²) in [6.07, 6.45) is 1.19. The van der Waals surface area contributed by atoms with Crippen molar-refractivity contribution < 1.29 is 4.52 Å². The van der Waals surface area contributed by atoms with Crippen LogP contribution in [-0.2, 0) is 0 Å². The summed E-state index contributed by atoms with van der Waals surface area (Å²) in [5.74, 6) is 4.46. The Bertz CT molecular complexity index is 242. The van der Waals surface area contributed by atoms with E-state index in [1.807, 2.05) is 18.7 Å². The SMILES string of the molecule is Cc1noc(C2CCSC2)n1. The molecule has 1 aliphatic rings. The quantitative estimate of drug-likeness (QED) is 0.641. The van der Waals surface area contributed by atoms with Crippen molar-refractivity contribution in [3.63, 3.8) is 0 Å². The molecule has 2 rings (SSSR count). The van der Waals surface area contributed by atoms with Crippen LogP contribution >= 0.6 is 11.8 Å². The summed E-state index contributed by atoms with van der Waals surface area (Å²) in [6.45, 7) is 1.86. The van der Waals surface area contributed by atoms with Crippen LogP contribution in [0.15, 0.2) is 4.52 Å². The zero-order chi connectivity index (χ0) is 7.68. The van der Waals surface area contributed by atoms with E-state index in [0.29, 0.717) is 5.92 Å². The average molecular weight is 170 g/mol. The van der Waals surface area contributed by atoms with Crippen molar-refractivity contribution in [1.82, 2.24) is 10.1 Å². The highest BCUT2D eigenvalue weighted by molar-refractivity contribution is 7.99. The molecule has 1 aromatic rings. The van der Waals surface area contributed by atoms with Gasteiger partial charge in [0.05, 0.1) is 0 Å². The number of nitrogens with zero attached hydrogens (tertiary/aromatic N) is 2. The highest BCUT2D eigenvalue weighted by Crippen LogP contribution is 2.30. The molecule has 0 radical (unpaired) electrons. The van der Waals surface area contributed by atoms with Crippen LogP contribution in [0.3, 0.4) is 0 Å². The van der Waals surface area contributed by atoms with Crippen LogP contribution in [0.4, 0.5) is 0 Å². The van der Waals surface area contributed by atoms with Crippen molar-refractivity contribution in [1.29, 1.82) is 0 Å². The van der Waals surface area contributed by atoms with Crippen molar-refractivity contribution in [2.75, 3.05) is 11.5 Å². The van der Waals surface area contributed by atoms with Crippen molar-refractivity contribution in [3.05, 3.63) is 11.7 Å². The number of thioether (sulfide) groups is 1. The van der Waals surface area contributed by atoms with E-state index in [9.17, 15) is 0 Å². The van der Waals surface area contributed by atoms with Gasteiger partial charge in [-0.05, 0) is 19.1 Å². The number of aromatic nitrogens is 2. The van der Waals surface area contributed by atoms with E-state index in [1.165, 1.54) is 12.2 Å². The van der Waals surface area contributed by atoms with Crippen molar-refractivity contribution in [2.24, 2.45) is 0 Å². The summed E-state index contributed by atoms with van der Waals surface area (Å²) in [6, 6.07) is 0. The van der Waals surface area contributed by atoms with Gasteiger partial charge in [-0.2, -0.15) is 16.7 Å². The van der Waals surface area contributed by atoms with Gasteiger partial charge in [0.2, 0.25) is 5.89 Å². The minimum atomic E-state index is 0.515. The van der Waals surface area contributed by atoms with Crippen molar-refractivity contribution in [3.8, 4) is 0 Å². The van der Waals surface area contributed by atoms with Crippen LogP contribution in [-0.4, -0.2) is 21.6 Å². The molecule has 0 spiro atoms. The van der Waals surface area contributed by atoms with Crippen molar-refractivity contribution >= 4 is 11.8 Å². The molecule has 3 nitrogen and oxygen atoms in total. The molecule has 60 valence electrons. The summed E-state index contributed by atoms with van der Waals surface area (Å²) in [4.78, 5) is 4.20. The monoisotopic (exact) mass is 170 g/mol. The van der Waals surface area contributed by atoms with Gasteiger partial charge >= 0.3 is 0 Å². The fraction of sp³-hybridized carbons (Fsp3) is 0.714. The normalized spacial score (nSPS) is 24.3. The number of aryl methyl sites for hydroxylation is 1.